The fourth-order valence-corrected chi connectivity index (χ4v) is 3.20. The van der Waals surface area contributed by atoms with Gasteiger partial charge in [-0.25, -0.2) is 4.98 Å². The number of nitrogens with zero attached hydrogens (tertiary/aromatic N) is 2. The average Bonchev–Trinajstić information content (AvgIpc) is 2.64. The number of carbonyl (C=O) groups excluding carboxylic acids is 1. The van der Waals surface area contributed by atoms with E-state index in [1.807, 2.05) is 68.7 Å². The van der Waals surface area contributed by atoms with Crippen LogP contribution in [0.4, 0.5) is 0 Å². The number of pyridine rings is 1. The molecule has 0 aliphatic heterocycles. The zero-order chi connectivity index (χ0) is 18.5. The molecular weight excluding hydrogens is 379 g/mol. The number of unbranched alkanes of at least 4 members (excludes halogenated alkanes) is 1. The van der Waals surface area contributed by atoms with Crippen LogP contribution in [0.3, 0.4) is 0 Å². The van der Waals surface area contributed by atoms with Gasteiger partial charge in [-0.15, -0.1) is 12.4 Å². The fraction of sp³-hybridized carbons (Fsp3) is 0.273. The zero-order valence-corrected chi connectivity index (χ0v) is 17.2. The van der Waals surface area contributed by atoms with Crippen LogP contribution in [0, 0.1) is 0 Å². The molecule has 1 aromatic heterocycles. The quantitative estimate of drug-likeness (QED) is 0.364. The Morgan fingerprint density at radius 1 is 1.04 bits per heavy atom. The van der Waals surface area contributed by atoms with Crippen LogP contribution >= 0.6 is 24.0 Å². The van der Waals surface area contributed by atoms with E-state index in [9.17, 15) is 4.79 Å². The maximum Gasteiger partial charge on any atom is 0.163 e. The van der Waals surface area contributed by atoms with Gasteiger partial charge >= 0.3 is 0 Å². The maximum absolute atomic E-state index is 12.9. The molecule has 3 rings (SSSR count). The van der Waals surface area contributed by atoms with Crippen molar-refractivity contribution in [3.05, 3.63) is 65.2 Å². The van der Waals surface area contributed by atoms with Gasteiger partial charge in [0.1, 0.15) is 0 Å². The summed E-state index contributed by atoms with van der Waals surface area (Å²) in [5.74, 6) is 0.163. The van der Waals surface area contributed by atoms with Crippen LogP contribution in [0.15, 0.2) is 54.6 Å². The molecule has 5 heteroatoms. The second-order valence-electron chi connectivity index (χ2n) is 6.77. The number of carbonyl (C=O) groups is 1. The zero-order valence-electron chi connectivity index (χ0n) is 15.6. The van der Waals surface area contributed by atoms with Gasteiger partial charge in [-0.3, -0.25) is 4.79 Å². The van der Waals surface area contributed by atoms with Gasteiger partial charge in [0.25, 0.3) is 0 Å². The molecule has 1 heterocycles. The summed E-state index contributed by atoms with van der Waals surface area (Å²) in [5, 5.41) is 1.49. The van der Waals surface area contributed by atoms with Crippen LogP contribution < -0.4 is 0 Å². The molecule has 0 aliphatic rings. The molecule has 3 nitrogen and oxygen atoms in total. The molecule has 2 aromatic carbocycles. The van der Waals surface area contributed by atoms with Crippen LogP contribution in [0.1, 0.15) is 29.6 Å². The van der Waals surface area contributed by atoms with E-state index in [2.05, 4.69) is 4.90 Å². The van der Waals surface area contributed by atoms with E-state index < -0.39 is 0 Å². The van der Waals surface area contributed by atoms with E-state index in [-0.39, 0.29) is 18.2 Å². The van der Waals surface area contributed by atoms with Crippen molar-refractivity contribution in [3.8, 4) is 11.3 Å². The first-order chi connectivity index (χ1) is 12.5. The average molecular weight is 403 g/mol. The minimum absolute atomic E-state index is 0. The van der Waals surface area contributed by atoms with Crippen molar-refractivity contribution in [3.63, 3.8) is 0 Å². The Kier molecular flexibility index (Phi) is 7.78. The summed E-state index contributed by atoms with van der Waals surface area (Å²) in [7, 11) is 4.10. The number of aromatic nitrogens is 1. The highest BCUT2D eigenvalue weighted by molar-refractivity contribution is 6.31. The first-order valence-electron chi connectivity index (χ1n) is 8.88. The van der Waals surface area contributed by atoms with Crippen molar-refractivity contribution in [2.45, 2.75) is 19.3 Å². The van der Waals surface area contributed by atoms with E-state index in [1.165, 1.54) is 0 Å². The van der Waals surface area contributed by atoms with Crippen LogP contribution in [-0.2, 0) is 0 Å². The largest absolute Gasteiger partial charge is 0.309 e. The van der Waals surface area contributed by atoms with Crippen molar-refractivity contribution in [2.24, 2.45) is 0 Å². The van der Waals surface area contributed by atoms with E-state index in [4.69, 9.17) is 16.6 Å². The molecule has 0 atom stereocenters. The first kappa shape index (κ1) is 21.4. The normalized spacial score (nSPS) is 10.8. The standard InChI is InChI=1S/C22H23ClN2O.ClH/c1-25(2)13-7-6-10-22(26)19-15-20(16-8-4-3-5-9-16)24-21-14-17(23)11-12-18(19)21;/h3-5,8-9,11-12,14-15H,6-7,10,13H2,1-2H3;1H. The predicted molar refractivity (Wildman–Crippen MR) is 116 cm³/mol. The Morgan fingerprint density at radius 3 is 2.48 bits per heavy atom. The van der Waals surface area contributed by atoms with Gasteiger partial charge in [-0.05, 0) is 51.7 Å². The fourth-order valence-electron chi connectivity index (χ4n) is 3.04. The van der Waals surface area contributed by atoms with Gasteiger partial charge in [-0.1, -0.05) is 48.0 Å². The first-order valence-corrected chi connectivity index (χ1v) is 9.26. The van der Waals surface area contributed by atoms with Crippen molar-refractivity contribution >= 4 is 40.7 Å². The van der Waals surface area contributed by atoms with Gasteiger partial charge < -0.3 is 4.90 Å². The lowest BCUT2D eigenvalue weighted by molar-refractivity contribution is 0.0980. The van der Waals surface area contributed by atoms with Crippen LogP contribution in [0.2, 0.25) is 5.02 Å². The Hall–Kier alpha value is -1.94. The SMILES string of the molecule is CN(C)CCCCC(=O)c1cc(-c2ccccc2)nc2cc(Cl)ccc12.Cl. The van der Waals surface area contributed by atoms with Crippen molar-refractivity contribution in [1.82, 2.24) is 9.88 Å². The van der Waals surface area contributed by atoms with Crippen LogP contribution in [0.25, 0.3) is 22.2 Å². The summed E-state index contributed by atoms with van der Waals surface area (Å²) < 4.78 is 0. The van der Waals surface area contributed by atoms with E-state index in [0.29, 0.717) is 11.4 Å². The Bertz CT molecular complexity index is 911. The summed E-state index contributed by atoms with van der Waals surface area (Å²) in [4.78, 5) is 19.8. The summed E-state index contributed by atoms with van der Waals surface area (Å²) in [6.45, 7) is 0.995. The molecule has 142 valence electrons. The summed E-state index contributed by atoms with van der Waals surface area (Å²) in [5.41, 5.74) is 3.29. The summed E-state index contributed by atoms with van der Waals surface area (Å²) >= 11 is 6.15. The molecule has 3 aromatic rings. The lowest BCUT2D eigenvalue weighted by atomic mass is 9.98. The van der Waals surface area contributed by atoms with E-state index in [0.717, 1.165) is 47.1 Å². The highest BCUT2D eigenvalue weighted by atomic mass is 35.5. The topological polar surface area (TPSA) is 33.2 Å². The Balaban J connectivity index is 0.00000261. The summed E-state index contributed by atoms with van der Waals surface area (Å²) in [6.07, 6.45) is 2.44. The molecule has 0 saturated carbocycles. The lowest BCUT2D eigenvalue weighted by Gasteiger charge is -2.11. The number of halogens is 2. The van der Waals surface area contributed by atoms with Crippen LogP contribution in [-0.4, -0.2) is 36.3 Å². The van der Waals surface area contributed by atoms with Crippen molar-refractivity contribution in [2.75, 3.05) is 20.6 Å². The number of hydrogen-bond donors (Lipinski definition) is 0. The predicted octanol–water partition coefficient (Wildman–Crippen LogP) is 5.89. The molecule has 0 bridgehead atoms. The highest BCUT2D eigenvalue weighted by Gasteiger charge is 2.14. The minimum Gasteiger partial charge on any atom is -0.309 e. The number of benzene rings is 2. The third-order valence-corrected chi connectivity index (χ3v) is 4.64. The monoisotopic (exact) mass is 402 g/mol. The van der Waals surface area contributed by atoms with Gasteiger partial charge in [0, 0.05) is 28.0 Å². The molecule has 0 N–H and O–H groups in total. The molecule has 0 spiro atoms. The maximum atomic E-state index is 12.9. The molecule has 0 amide bonds. The second-order valence-corrected chi connectivity index (χ2v) is 7.20. The number of hydrogen-bond acceptors (Lipinski definition) is 3. The third-order valence-electron chi connectivity index (χ3n) is 4.40. The van der Waals surface area contributed by atoms with Gasteiger partial charge in [0.15, 0.2) is 5.78 Å². The van der Waals surface area contributed by atoms with E-state index in [1.54, 1.807) is 0 Å². The van der Waals surface area contributed by atoms with Crippen molar-refractivity contribution < 1.29 is 4.79 Å². The number of Topliss-reactive ketones (excluding diaryl/α,β-unsaturated/α-hetero) is 1. The lowest BCUT2D eigenvalue weighted by Crippen LogP contribution is -2.13. The molecule has 0 fully saturated rings. The van der Waals surface area contributed by atoms with Gasteiger partial charge in [0.05, 0.1) is 11.2 Å². The molecule has 0 unspecified atom stereocenters. The van der Waals surface area contributed by atoms with Gasteiger partial charge in [0.2, 0.25) is 0 Å². The summed E-state index contributed by atoms with van der Waals surface area (Å²) in [6, 6.07) is 17.4. The Labute approximate surface area is 171 Å². The highest BCUT2D eigenvalue weighted by Crippen LogP contribution is 2.28. The van der Waals surface area contributed by atoms with Crippen molar-refractivity contribution in [1.29, 1.82) is 0 Å². The molecular formula is C22H24Cl2N2O. The number of ketones is 1. The minimum atomic E-state index is 0. The number of fused-ring (bicyclic) bond motifs is 1. The van der Waals surface area contributed by atoms with E-state index >= 15 is 0 Å². The molecule has 0 aliphatic carbocycles. The number of rotatable bonds is 7. The molecule has 27 heavy (non-hydrogen) atoms. The third kappa shape index (κ3) is 5.52. The molecule has 0 saturated heterocycles. The van der Waals surface area contributed by atoms with Crippen LogP contribution in [0.5, 0.6) is 0 Å². The Morgan fingerprint density at radius 2 is 1.78 bits per heavy atom. The van der Waals surface area contributed by atoms with Gasteiger partial charge in [-0.2, -0.15) is 0 Å². The second kappa shape index (κ2) is 9.84. The molecule has 0 radical (unpaired) electrons. The smallest absolute Gasteiger partial charge is 0.163 e.